The predicted molar refractivity (Wildman–Crippen MR) is 177 cm³/mol. The number of allylic oxidation sites excluding steroid dienone is 1. The summed E-state index contributed by atoms with van der Waals surface area (Å²) in [6.07, 6.45) is 24.5. The van der Waals surface area contributed by atoms with Crippen molar-refractivity contribution < 1.29 is 31.4 Å². The highest BCUT2D eigenvalue weighted by Crippen LogP contribution is 2.69. The quantitative estimate of drug-likeness (QED) is 0.283. The first-order chi connectivity index (χ1) is 21.2. The van der Waals surface area contributed by atoms with Gasteiger partial charge in [0.05, 0.1) is 24.4 Å². The van der Waals surface area contributed by atoms with Crippen molar-refractivity contribution in [3.8, 4) is 0 Å². The molecule has 0 bridgehead atoms. The number of fused-ring (bicyclic) bond motifs is 7. The first kappa shape index (κ1) is 33.5. The van der Waals surface area contributed by atoms with E-state index in [1.807, 2.05) is 0 Å². The lowest BCUT2D eigenvalue weighted by atomic mass is 9.47. The molecular formula is C40H59BrN2O2. The van der Waals surface area contributed by atoms with Gasteiger partial charge in [0.1, 0.15) is 18.9 Å². The van der Waals surface area contributed by atoms with Gasteiger partial charge in [0, 0.05) is 0 Å². The number of ether oxygens (including phenoxy) is 1. The number of nitrogens with zero attached hydrogens (tertiary/aromatic N) is 2. The van der Waals surface area contributed by atoms with Gasteiger partial charge in [-0.1, -0.05) is 70.0 Å². The highest BCUT2D eigenvalue weighted by molar-refractivity contribution is 5.26. The highest BCUT2D eigenvalue weighted by atomic mass is 79.9. The number of aliphatic hydroxyl groups is 1. The number of imidazole rings is 1. The van der Waals surface area contributed by atoms with Gasteiger partial charge in [-0.05, 0) is 129 Å². The zero-order valence-corrected chi connectivity index (χ0v) is 30.2. The number of hydrogen-bond acceptors (Lipinski definition) is 2. The van der Waals surface area contributed by atoms with Crippen LogP contribution in [-0.4, -0.2) is 28.0 Å². The third kappa shape index (κ3) is 6.06. The molecule has 7 rings (SSSR count). The molecule has 2 aromatic rings. The average Bonchev–Trinajstić information content (AvgIpc) is 3.69. The van der Waals surface area contributed by atoms with Crippen LogP contribution in [0.3, 0.4) is 0 Å². The first-order valence-corrected chi connectivity index (χ1v) is 18.4. The van der Waals surface area contributed by atoms with Crippen LogP contribution in [0, 0.1) is 40.4 Å². The Hall–Kier alpha value is -1.43. The summed E-state index contributed by atoms with van der Waals surface area (Å²) in [5.41, 5.74) is 5.15. The average molecular weight is 680 g/mol. The van der Waals surface area contributed by atoms with E-state index < -0.39 is 0 Å². The third-order valence-electron chi connectivity index (χ3n) is 14.0. The maximum Gasteiger partial charge on any atom is 0.244 e. The van der Waals surface area contributed by atoms with Gasteiger partial charge in [-0.25, -0.2) is 9.13 Å². The molecule has 2 heterocycles. The fraction of sp³-hybridized carbons (Fsp3) is 0.725. The third-order valence-corrected chi connectivity index (χ3v) is 14.0. The smallest absolute Gasteiger partial charge is 0.244 e. The SMILES string of the molecule is CCCCc1ccc(C[n+]2ccn([C@H](C)CC[C@H]3OC4C[C@H]5[C@@H]6CC=C7CC(O)CC[C@]7(C)[C@H]6CC[C@]5(C)C4[C@@H]3C)c2)cc1.[Br-]. The maximum atomic E-state index is 10.4. The van der Waals surface area contributed by atoms with Crippen LogP contribution in [0.4, 0.5) is 0 Å². The second-order valence-electron chi connectivity index (χ2n) is 16.4. The van der Waals surface area contributed by atoms with Crippen molar-refractivity contribution >= 4 is 0 Å². The largest absolute Gasteiger partial charge is 1.00 e. The summed E-state index contributed by atoms with van der Waals surface area (Å²) >= 11 is 0. The van der Waals surface area contributed by atoms with Crippen molar-refractivity contribution in [1.82, 2.24) is 4.57 Å². The minimum absolute atomic E-state index is 0. The molecule has 1 saturated heterocycles. The van der Waals surface area contributed by atoms with Gasteiger partial charge in [0.25, 0.3) is 0 Å². The minimum atomic E-state index is -0.115. The van der Waals surface area contributed by atoms with Crippen LogP contribution in [0.25, 0.3) is 0 Å². The zero-order chi connectivity index (χ0) is 30.6. The Balaban J connectivity index is 0.00000357. The normalized spacial score (nSPS) is 39.2. The topological polar surface area (TPSA) is 38.3 Å². The van der Waals surface area contributed by atoms with Crippen LogP contribution in [-0.2, 0) is 17.7 Å². The van der Waals surface area contributed by atoms with Crippen molar-refractivity contribution in [2.45, 2.75) is 143 Å². The Kier molecular flexibility index (Phi) is 9.84. The van der Waals surface area contributed by atoms with Gasteiger partial charge in [0.15, 0.2) is 0 Å². The molecule has 4 aliphatic carbocycles. The Morgan fingerprint density at radius 2 is 1.87 bits per heavy atom. The summed E-state index contributed by atoms with van der Waals surface area (Å²) in [6.45, 7) is 13.3. The van der Waals surface area contributed by atoms with E-state index >= 15 is 0 Å². The predicted octanol–water partition coefficient (Wildman–Crippen LogP) is 5.47. The Labute approximate surface area is 283 Å². The van der Waals surface area contributed by atoms with Crippen LogP contribution >= 0.6 is 0 Å². The van der Waals surface area contributed by atoms with E-state index in [1.54, 1.807) is 5.57 Å². The molecule has 1 aromatic heterocycles. The second-order valence-corrected chi connectivity index (χ2v) is 16.4. The summed E-state index contributed by atoms with van der Waals surface area (Å²) in [4.78, 5) is 0. The Morgan fingerprint density at radius 3 is 2.64 bits per heavy atom. The number of benzene rings is 1. The van der Waals surface area contributed by atoms with Crippen molar-refractivity contribution in [2.75, 3.05) is 0 Å². The van der Waals surface area contributed by atoms with E-state index in [0.29, 0.717) is 40.9 Å². The second kappa shape index (κ2) is 13.2. The molecule has 5 heteroatoms. The van der Waals surface area contributed by atoms with Crippen LogP contribution in [0.1, 0.15) is 122 Å². The number of aromatic nitrogens is 2. The highest BCUT2D eigenvalue weighted by Gasteiger charge is 2.64. The van der Waals surface area contributed by atoms with E-state index in [4.69, 9.17) is 4.74 Å². The number of aliphatic hydroxyl groups excluding tert-OH is 1. The summed E-state index contributed by atoms with van der Waals surface area (Å²) in [6, 6.07) is 9.69. The van der Waals surface area contributed by atoms with E-state index in [0.717, 1.165) is 50.0 Å². The van der Waals surface area contributed by atoms with Gasteiger partial charge in [-0.3, -0.25) is 0 Å². The molecule has 248 valence electrons. The summed E-state index contributed by atoms with van der Waals surface area (Å²) in [5.74, 6) is 3.75. The number of halogens is 1. The molecule has 11 atom stereocenters. The molecule has 5 aliphatic rings. The zero-order valence-electron chi connectivity index (χ0n) is 28.6. The molecule has 45 heavy (non-hydrogen) atoms. The first-order valence-electron chi connectivity index (χ1n) is 18.4. The number of hydrogen-bond donors (Lipinski definition) is 1. The van der Waals surface area contributed by atoms with Crippen molar-refractivity contribution in [3.05, 3.63) is 65.8 Å². The molecule has 1 N–H and O–H groups in total. The molecular weight excluding hydrogens is 620 g/mol. The van der Waals surface area contributed by atoms with E-state index in [9.17, 15) is 5.11 Å². The van der Waals surface area contributed by atoms with Crippen molar-refractivity contribution in [1.29, 1.82) is 0 Å². The van der Waals surface area contributed by atoms with Crippen LogP contribution in [0.5, 0.6) is 0 Å². The summed E-state index contributed by atoms with van der Waals surface area (Å²) in [5, 5.41) is 10.4. The lowest BCUT2D eigenvalue weighted by Crippen LogP contribution is -3.00. The number of aryl methyl sites for hydroxylation is 1. The minimum Gasteiger partial charge on any atom is -1.00 e. The molecule has 3 saturated carbocycles. The molecule has 0 amide bonds. The fourth-order valence-corrected chi connectivity index (χ4v) is 11.4. The van der Waals surface area contributed by atoms with Gasteiger partial charge in [-0.15, -0.1) is 0 Å². The molecule has 3 unspecified atom stereocenters. The maximum absolute atomic E-state index is 10.4. The van der Waals surface area contributed by atoms with Gasteiger partial charge in [-0.2, -0.15) is 0 Å². The van der Waals surface area contributed by atoms with Gasteiger partial charge >= 0.3 is 0 Å². The van der Waals surface area contributed by atoms with E-state index in [1.165, 1.54) is 62.5 Å². The molecule has 1 aromatic carbocycles. The number of unbranched alkanes of at least 4 members (excludes halogenated alkanes) is 1. The molecule has 1 aliphatic heterocycles. The Morgan fingerprint density at radius 1 is 1.09 bits per heavy atom. The number of rotatable bonds is 9. The molecule has 0 spiro atoms. The van der Waals surface area contributed by atoms with Crippen LogP contribution in [0.2, 0.25) is 0 Å². The van der Waals surface area contributed by atoms with Gasteiger partial charge in [0.2, 0.25) is 6.33 Å². The lowest BCUT2D eigenvalue weighted by molar-refractivity contribution is -0.688. The van der Waals surface area contributed by atoms with Crippen molar-refractivity contribution in [3.63, 3.8) is 0 Å². The van der Waals surface area contributed by atoms with Crippen LogP contribution in [0.15, 0.2) is 54.6 Å². The summed E-state index contributed by atoms with van der Waals surface area (Å²) < 4.78 is 11.8. The van der Waals surface area contributed by atoms with Gasteiger partial charge < -0.3 is 26.8 Å². The van der Waals surface area contributed by atoms with E-state index in [2.05, 4.69) is 92.8 Å². The fourth-order valence-electron chi connectivity index (χ4n) is 11.4. The lowest BCUT2D eigenvalue weighted by Gasteiger charge is -2.58. The molecule has 0 radical (unpaired) electrons. The van der Waals surface area contributed by atoms with Crippen LogP contribution < -0.4 is 21.5 Å². The van der Waals surface area contributed by atoms with E-state index in [-0.39, 0.29) is 23.1 Å². The molecule has 4 fully saturated rings. The van der Waals surface area contributed by atoms with Crippen molar-refractivity contribution in [2.24, 2.45) is 40.4 Å². The molecule has 4 nitrogen and oxygen atoms in total. The Bertz CT molecular complexity index is 1340. The monoisotopic (exact) mass is 678 g/mol. The summed E-state index contributed by atoms with van der Waals surface area (Å²) in [7, 11) is 0. The standard InChI is InChI=1S/C40H59N2O2.BrH/c1-6-7-8-29-10-12-30(13-11-29)25-41-21-22-42(26-41)27(2)9-16-36-28(3)38-37(44-36)24-35-33-15-14-31-23-32(43)17-19-39(31,4)34(33)18-20-40(35,38)5;/h10-14,21-22,26-28,32-38,43H,6-9,15-20,23-25H2,1-5H3;1H/q+1;/p-1/t27-,28-,32?,33-,34+,35+,36-,37?,38?,39+,40+;/m1./s1.